The summed E-state index contributed by atoms with van der Waals surface area (Å²) in [5.74, 6) is 3.16. The number of rotatable bonds is 7. The molecule has 0 radical (unpaired) electrons. The van der Waals surface area contributed by atoms with Crippen molar-refractivity contribution in [3.63, 3.8) is 0 Å². The maximum atomic E-state index is 10.9. The zero-order valence-corrected chi connectivity index (χ0v) is 18.8. The van der Waals surface area contributed by atoms with Crippen LogP contribution >= 0.6 is 22.6 Å². The van der Waals surface area contributed by atoms with Crippen LogP contribution in [-0.4, -0.2) is 15.1 Å². The quantitative estimate of drug-likeness (QED) is 0.264. The third kappa shape index (κ3) is 4.34. The Bertz CT molecular complexity index is 610. The summed E-state index contributed by atoms with van der Waals surface area (Å²) in [7, 11) is 0. The predicted molar refractivity (Wildman–Crippen MR) is 118 cm³/mol. The molecule has 3 heteroatoms. The number of alkyl halides is 1. The van der Waals surface area contributed by atoms with Crippen LogP contribution in [0.25, 0.3) is 0 Å². The number of halogens is 1. The lowest BCUT2D eigenvalue weighted by Gasteiger charge is -2.49. The van der Waals surface area contributed by atoms with Gasteiger partial charge in [-0.3, -0.25) is 0 Å². The van der Waals surface area contributed by atoms with Gasteiger partial charge in [0.25, 0.3) is 0 Å². The van der Waals surface area contributed by atoms with Crippen molar-refractivity contribution >= 4 is 22.6 Å². The first kappa shape index (κ1) is 20.3. The average Bonchev–Trinajstić information content (AvgIpc) is 2.60. The lowest BCUT2D eigenvalue weighted by atomic mass is 9.64. The largest absolute Gasteiger partial charge is 0.508 e. The fourth-order valence-electron chi connectivity index (χ4n) is 5.11. The van der Waals surface area contributed by atoms with Crippen LogP contribution in [0.15, 0.2) is 12.1 Å². The van der Waals surface area contributed by atoms with Crippen molar-refractivity contribution in [2.45, 2.75) is 90.1 Å². The van der Waals surface area contributed by atoms with E-state index in [1.54, 1.807) is 0 Å². The molecule has 1 N–H and O–H groups in total. The number of unbranched alkanes of at least 4 members (excludes halogenated alkanes) is 4. The van der Waals surface area contributed by atoms with Crippen LogP contribution in [0.2, 0.25) is 0 Å². The van der Waals surface area contributed by atoms with Gasteiger partial charge in [0.05, 0.1) is 0 Å². The Kier molecular flexibility index (Phi) is 6.79. The van der Waals surface area contributed by atoms with Gasteiger partial charge in [-0.1, -0.05) is 55.2 Å². The number of phenols is 1. The van der Waals surface area contributed by atoms with Crippen molar-refractivity contribution in [3.05, 3.63) is 23.3 Å². The van der Waals surface area contributed by atoms with E-state index in [9.17, 15) is 5.11 Å². The van der Waals surface area contributed by atoms with Crippen molar-refractivity contribution in [2.24, 2.45) is 11.8 Å². The molecule has 146 valence electrons. The summed E-state index contributed by atoms with van der Waals surface area (Å²) in [6, 6.07) is 4.24. The molecule has 0 unspecified atom stereocenters. The Morgan fingerprint density at radius 3 is 2.65 bits per heavy atom. The van der Waals surface area contributed by atoms with Gasteiger partial charge < -0.3 is 9.84 Å². The molecule has 3 atom stereocenters. The molecule has 1 saturated carbocycles. The first-order valence-corrected chi connectivity index (χ1v) is 12.1. The molecule has 0 spiro atoms. The summed E-state index contributed by atoms with van der Waals surface area (Å²) >= 11 is 2.52. The Morgan fingerprint density at radius 1 is 1.15 bits per heavy atom. The van der Waals surface area contributed by atoms with E-state index in [4.69, 9.17) is 4.74 Å². The molecule has 0 aromatic heterocycles. The highest BCUT2D eigenvalue weighted by Crippen LogP contribution is 2.55. The fraction of sp³-hybridized carbons (Fsp3) is 0.739. The first-order chi connectivity index (χ1) is 12.5. The molecule has 1 aromatic rings. The van der Waals surface area contributed by atoms with E-state index in [0.29, 0.717) is 17.6 Å². The van der Waals surface area contributed by atoms with Gasteiger partial charge in [-0.2, -0.15) is 0 Å². The van der Waals surface area contributed by atoms with Gasteiger partial charge >= 0.3 is 0 Å². The molecule has 1 aliphatic heterocycles. The normalized spacial score (nSPS) is 26.7. The molecule has 1 heterocycles. The van der Waals surface area contributed by atoms with E-state index in [2.05, 4.69) is 49.4 Å². The number of hydrogen-bond acceptors (Lipinski definition) is 2. The zero-order valence-electron chi connectivity index (χ0n) is 16.7. The molecule has 2 aliphatic rings. The van der Waals surface area contributed by atoms with Crippen LogP contribution in [0.3, 0.4) is 0 Å². The highest BCUT2D eigenvalue weighted by atomic mass is 127. The average molecular weight is 470 g/mol. The number of benzene rings is 1. The monoisotopic (exact) mass is 470 g/mol. The fourth-order valence-corrected chi connectivity index (χ4v) is 5.91. The second-order valence-corrected chi connectivity index (χ2v) is 9.82. The Labute approximate surface area is 173 Å². The topological polar surface area (TPSA) is 29.5 Å². The minimum atomic E-state index is -0.139. The van der Waals surface area contributed by atoms with E-state index in [-0.39, 0.29) is 5.60 Å². The van der Waals surface area contributed by atoms with E-state index in [1.165, 1.54) is 61.4 Å². The number of aryl methyl sites for hydroxylation is 1. The molecule has 2 nitrogen and oxygen atoms in total. The molecule has 1 aromatic carbocycles. The third-order valence-corrected chi connectivity index (χ3v) is 7.81. The summed E-state index contributed by atoms with van der Waals surface area (Å²) in [4.78, 5) is 0. The number of ether oxygens (including phenoxy) is 1. The van der Waals surface area contributed by atoms with Crippen LogP contribution < -0.4 is 4.74 Å². The maximum absolute atomic E-state index is 10.9. The van der Waals surface area contributed by atoms with Gasteiger partial charge in [0, 0.05) is 15.9 Å². The second-order valence-electron chi connectivity index (χ2n) is 8.94. The maximum Gasteiger partial charge on any atom is 0.127 e. The van der Waals surface area contributed by atoms with Gasteiger partial charge in [0.15, 0.2) is 0 Å². The van der Waals surface area contributed by atoms with E-state index in [1.807, 2.05) is 6.07 Å². The summed E-state index contributed by atoms with van der Waals surface area (Å²) in [6.07, 6.45) is 11.1. The molecule has 26 heavy (non-hydrogen) atoms. The van der Waals surface area contributed by atoms with Crippen molar-refractivity contribution < 1.29 is 9.84 Å². The third-order valence-electron chi connectivity index (χ3n) is 6.56. The van der Waals surface area contributed by atoms with Crippen molar-refractivity contribution in [1.82, 2.24) is 0 Å². The lowest BCUT2D eigenvalue weighted by Crippen LogP contribution is -2.47. The number of fused-ring (bicyclic) bond motifs is 3. The molecule has 1 fully saturated rings. The first-order valence-electron chi connectivity index (χ1n) is 10.6. The number of aromatic hydroxyl groups is 1. The van der Waals surface area contributed by atoms with Crippen LogP contribution in [0.5, 0.6) is 11.5 Å². The Morgan fingerprint density at radius 2 is 1.92 bits per heavy atom. The summed E-state index contributed by atoms with van der Waals surface area (Å²) in [5.41, 5.74) is 2.19. The van der Waals surface area contributed by atoms with Gasteiger partial charge in [-0.05, 0) is 75.5 Å². The Hall–Kier alpha value is -0.450. The van der Waals surface area contributed by atoms with Crippen LogP contribution in [0, 0.1) is 11.8 Å². The standard InChI is InChI=1S/C23H35IO2/c1-4-5-6-7-8-9-16-13-20(25)22-18-12-17(15-24)10-11-19(18)23(2,3)26-21(22)14-16/h13-14,17-19,25H,4-12,15H2,1-3H3/t17-,18-,19-/m1/s1. The van der Waals surface area contributed by atoms with Gasteiger partial charge in [-0.25, -0.2) is 0 Å². The molecular weight excluding hydrogens is 435 g/mol. The molecule has 0 amide bonds. The molecular formula is C23H35IO2. The van der Waals surface area contributed by atoms with E-state index in [0.717, 1.165) is 23.7 Å². The highest BCUT2D eigenvalue weighted by molar-refractivity contribution is 14.1. The summed E-state index contributed by atoms with van der Waals surface area (Å²) < 4.78 is 7.68. The van der Waals surface area contributed by atoms with Crippen LogP contribution in [0.1, 0.15) is 89.2 Å². The molecule has 0 saturated heterocycles. The molecule has 3 rings (SSSR count). The predicted octanol–water partition coefficient (Wildman–Crippen LogP) is 7.01. The van der Waals surface area contributed by atoms with Crippen molar-refractivity contribution in [3.8, 4) is 11.5 Å². The van der Waals surface area contributed by atoms with Gasteiger partial charge in [0.2, 0.25) is 0 Å². The van der Waals surface area contributed by atoms with Gasteiger partial charge in [0.1, 0.15) is 17.1 Å². The SMILES string of the molecule is CCCCCCCc1cc(O)c2c(c1)OC(C)(C)[C@@H]1CC[C@@H](CI)C[C@@H]21. The number of hydrogen-bond donors (Lipinski definition) is 1. The highest BCUT2D eigenvalue weighted by Gasteiger charge is 2.47. The van der Waals surface area contributed by atoms with Crippen molar-refractivity contribution in [2.75, 3.05) is 4.43 Å². The second kappa shape index (κ2) is 8.70. The smallest absolute Gasteiger partial charge is 0.127 e. The molecule has 0 bridgehead atoms. The summed E-state index contributed by atoms with van der Waals surface area (Å²) in [5, 5.41) is 10.9. The summed E-state index contributed by atoms with van der Waals surface area (Å²) in [6.45, 7) is 6.74. The minimum absolute atomic E-state index is 0.139. The van der Waals surface area contributed by atoms with Crippen molar-refractivity contribution in [1.29, 1.82) is 0 Å². The van der Waals surface area contributed by atoms with E-state index >= 15 is 0 Å². The molecule has 1 aliphatic carbocycles. The Balaban J connectivity index is 1.80. The van der Waals surface area contributed by atoms with Crippen LogP contribution in [0.4, 0.5) is 0 Å². The van der Waals surface area contributed by atoms with Crippen LogP contribution in [-0.2, 0) is 6.42 Å². The van der Waals surface area contributed by atoms with Gasteiger partial charge in [-0.15, -0.1) is 0 Å². The van der Waals surface area contributed by atoms with E-state index < -0.39 is 0 Å². The zero-order chi connectivity index (χ0) is 18.7. The lowest BCUT2D eigenvalue weighted by molar-refractivity contribution is -0.0140. The minimum Gasteiger partial charge on any atom is -0.508 e. The number of phenolic OH excluding ortho intramolecular Hbond substituents is 1.